The Balaban J connectivity index is 1.42. The van der Waals surface area contributed by atoms with Crippen LogP contribution in [0.25, 0.3) is 21.8 Å². The van der Waals surface area contributed by atoms with Crippen LogP contribution in [0.2, 0.25) is 0 Å². The summed E-state index contributed by atoms with van der Waals surface area (Å²) in [5.41, 5.74) is 6.44. The number of benzene rings is 2. The maximum Gasteiger partial charge on any atom is 0.262 e. The van der Waals surface area contributed by atoms with Gasteiger partial charge in [0.05, 0.1) is 10.9 Å². The van der Waals surface area contributed by atoms with Crippen LogP contribution in [0.3, 0.4) is 0 Å². The number of H-pyrrole nitrogens is 1. The van der Waals surface area contributed by atoms with Crippen LogP contribution in [0.1, 0.15) is 41.6 Å². The molecule has 0 saturated carbocycles. The van der Waals surface area contributed by atoms with Crippen LogP contribution in [-0.4, -0.2) is 21.3 Å². The van der Waals surface area contributed by atoms with Gasteiger partial charge in [0.2, 0.25) is 0 Å². The average Bonchev–Trinajstić information content (AvgIpc) is 3.17. The van der Waals surface area contributed by atoms with Crippen LogP contribution in [0.4, 0.5) is 4.39 Å². The molecule has 2 N–H and O–H groups in total. The number of hydrogen-bond acceptors (Lipinski definition) is 3. The quantitative estimate of drug-likeness (QED) is 0.457. The highest BCUT2D eigenvalue weighted by atomic mass is 19.1. The number of aromatic nitrogens is 3. The van der Waals surface area contributed by atoms with Gasteiger partial charge in [-0.2, -0.15) is 5.10 Å². The molecule has 4 aromatic rings. The van der Waals surface area contributed by atoms with Crippen LogP contribution < -0.4 is 10.9 Å². The topological polar surface area (TPSA) is 62.7 Å². The fourth-order valence-corrected chi connectivity index (χ4v) is 4.73. The maximum absolute atomic E-state index is 13.4. The number of aryl methyl sites for hydroxylation is 4. The van der Waals surface area contributed by atoms with Gasteiger partial charge in [-0.1, -0.05) is 12.1 Å². The predicted octanol–water partition coefficient (Wildman–Crippen LogP) is 4.38. The summed E-state index contributed by atoms with van der Waals surface area (Å²) in [6.07, 6.45) is 5.44. The van der Waals surface area contributed by atoms with Crippen molar-refractivity contribution in [3.05, 3.63) is 75.0 Å². The molecule has 0 radical (unpaired) electrons. The van der Waals surface area contributed by atoms with E-state index in [2.05, 4.69) is 27.6 Å². The molecule has 0 aliphatic heterocycles. The predicted molar refractivity (Wildman–Crippen MR) is 122 cm³/mol. The fraction of sp³-hybridized carbons (Fsp3) is 0.360. The van der Waals surface area contributed by atoms with E-state index in [-0.39, 0.29) is 11.4 Å². The van der Waals surface area contributed by atoms with Gasteiger partial charge < -0.3 is 9.88 Å². The summed E-state index contributed by atoms with van der Waals surface area (Å²) in [7, 11) is 0. The van der Waals surface area contributed by atoms with Crippen molar-refractivity contribution < 1.29 is 4.39 Å². The normalized spacial score (nSPS) is 13.7. The Morgan fingerprint density at radius 2 is 1.87 bits per heavy atom. The molecule has 5 nitrogen and oxygen atoms in total. The lowest BCUT2D eigenvalue weighted by Crippen LogP contribution is -2.24. The second-order valence-electron chi connectivity index (χ2n) is 8.53. The van der Waals surface area contributed by atoms with Gasteiger partial charge in [0, 0.05) is 24.2 Å². The lowest BCUT2D eigenvalue weighted by atomic mass is 9.90. The molecule has 2 aromatic carbocycles. The number of fused-ring (bicyclic) bond motifs is 4. The maximum atomic E-state index is 13.4. The van der Waals surface area contributed by atoms with Gasteiger partial charge in [-0.05, 0) is 86.5 Å². The molecule has 31 heavy (non-hydrogen) atoms. The number of pyridine rings is 1. The summed E-state index contributed by atoms with van der Waals surface area (Å²) in [5, 5.41) is 12.6. The summed E-state index contributed by atoms with van der Waals surface area (Å²) < 4.78 is 15.0. The number of halogens is 1. The summed E-state index contributed by atoms with van der Waals surface area (Å²) in [5.74, 6) is -0.220. The van der Waals surface area contributed by atoms with E-state index in [4.69, 9.17) is 0 Å². The zero-order valence-corrected chi connectivity index (χ0v) is 17.8. The number of nitrogens with one attached hydrogen (secondary N) is 2. The van der Waals surface area contributed by atoms with E-state index in [9.17, 15) is 9.18 Å². The van der Waals surface area contributed by atoms with Crippen LogP contribution >= 0.6 is 0 Å². The first-order chi connectivity index (χ1) is 15.1. The highest BCUT2D eigenvalue weighted by Gasteiger charge is 2.18. The smallest absolute Gasteiger partial charge is 0.262 e. The summed E-state index contributed by atoms with van der Waals surface area (Å²) in [6.45, 7) is 4.02. The van der Waals surface area contributed by atoms with Gasteiger partial charge in [-0.3, -0.25) is 9.89 Å². The Hall–Kier alpha value is -2.99. The van der Waals surface area contributed by atoms with Gasteiger partial charge in [0.15, 0.2) is 0 Å². The Labute approximate surface area is 180 Å². The highest BCUT2D eigenvalue weighted by Crippen LogP contribution is 2.30. The molecule has 0 spiro atoms. The first-order valence-electron chi connectivity index (χ1n) is 11.1. The van der Waals surface area contributed by atoms with E-state index >= 15 is 0 Å². The van der Waals surface area contributed by atoms with E-state index in [1.54, 1.807) is 12.1 Å². The molecule has 0 amide bonds. The summed E-state index contributed by atoms with van der Waals surface area (Å²) >= 11 is 0. The summed E-state index contributed by atoms with van der Waals surface area (Å²) in [4.78, 5) is 13.4. The van der Waals surface area contributed by atoms with Crippen molar-refractivity contribution in [3.8, 4) is 0 Å². The molecule has 0 unspecified atom stereocenters. The zero-order valence-electron chi connectivity index (χ0n) is 17.8. The molecule has 1 aliphatic carbocycles. The minimum absolute atomic E-state index is 0.0306. The molecule has 2 aromatic heterocycles. The van der Waals surface area contributed by atoms with Crippen molar-refractivity contribution in [3.63, 3.8) is 0 Å². The van der Waals surface area contributed by atoms with Crippen LogP contribution in [0.15, 0.2) is 41.2 Å². The van der Waals surface area contributed by atoms with E-state index in [1.165, 1.54) is 36.1 Å². The monoisotopic (exact) mass is 418 g/mol. The molecule has 160 valence electrons. The van der Waals surface area contributed by atoms with E-state index < -0.39 is 0 Å². The first kappa shape index (κ1) is 19.9. The lowest BCUT2D eigenvalue weighted by molar-refractivity contribution is 0.581. The SMILES string of the molecule is Cc1[nH]nc2c1c(=O)n(CCCNCc1ccc(F)cc1)c1cc3c(cc21)CCCC3. The molecular formula is C25H27FN4O. The number of hydrogen-bond donors (Lipinski definition) is 2. The molecule has 0 bridgehead atoms. The third-order valence-electron chi connectivity index (χ3n) is 6.39. The standard InChI is InChI=1S/C25H27FN4O/c1-16-23-24(29-28-16)21-13-18-5-2-3-6-19(18)14-22(21)30(25(23)31)12-4-11-27-15-17-7-9-20(26)10-8-17/h7-10,13-14,27H,2-6,11-12,15H2,1H3,(H,28,29). The van der Waals surface area contributed by atoms with E-state index in [1.807, 2.05) is 11.5 Å². The lowest BCUT2D eigenvalue weighted by Gasteiger charge is -2.19. The Morgan fingerprint density at radius 1 is 1.13 bits per heavy atom. The van der Waals surface area contributed by atoms with Crippen molar-refractivity contribution >= 4 is 21.8 Å². The Morgan fingerprint density at radius 3 is 2.65 bits per heavy atom. The van der Waals surface area contributed by atoms with Gasteiger partial charge in [0.1, 0.15) is 11.3 Å². The van der Waals surface area contributed by atoms with Crippen molar-refractivity contribution in [2.45, 2.75) is 52.1 Å². The second-order valence-corrected chi connectivity index (χ2v) is 8.53. The molecule has 6 heteroatoms. The van der Waals surface area contributed by atoms with Crippen LogP contribution in [0.5, 0.6) is 0 Å². The van der Waals surface area contributed by atoms with Crippen molar-refractivity contribution in [2.24, 2.45) is 0 Å². The molecule has 0 atom stereocenters. The minimum atomic E-state index is -0.220. The largest absolute Gasteiger partial charge is 0.313 e. The highest BCUT2D eigenvalue weighted by molar-refractivity contribution is 6.04. The average molecular weight is 419 g/mol. The van der Waals surface area contributed by atoms with E-state index in [0.717, 1.165) is 53.5 Å². The molecule has 2 heterocycles. The Kier molecular flexibility index (Phi) is 5.32. The first-order valence-corrected chi connectivity index (χ1v) is 11.1. The van der Waals surface area contributed by atoms with Crippen LogP contribution in [0, 0.1) is 12.7 Å². The van der Waals surface area contributed by atoms with Gasteiger partial charge in [-0.25, -0.2) is 4.39 Å². The minimum Gasteiger partial charge on any atom is -0.313 e. The van der Waals surface area contributed by atoms with Gasteiger partial charge >= 0.3 is 0 Å². The molecule has 1 aliphatic rings. The summed E-state index contributed by atoms with van der Waals surface area (Å²) in [6, 6.07) is 11.0. The number of rotatable bonds is 6. The Bertz CT molecular complexity index is 1300. The molecular weight excluding hydrogens is 391 g/mol. The zero-order chi connectivity index (χ0) is 21.4. The number of nitrogens with zero attached hydrogens (tertiary/aromatic N) is 2. The fourth-order valence-electron chi connectivity index (χ4n) is 4.73. The van der Waals surface area contributed by atoms with Crippen LogP contribution in [-0.2, 0) is 25.9 Å². The van der Waals surface area contributed by atoms with Gasteiger partial charge in [-0.15, -0.1) is 0 Å². The van der Waals surface area contributed by atoms with Crippen molar-refractivity contribution in [1.29, 1.82) is 0 Å². The van der Waals surface area contributed by atoms with E-state index in [0.29, 0.717) is 18.5 Å². The van der Waals surface area contributed by atoms with Crippen molar-refractivity contribution in [1.82, 2.24) is 20.1 Å². The van der Waals surface area contributed by atoms with Gasteiger partial charge in [0.25, 0.3) is 5.56 Å². The molecule has 5 rings (SSSR count). The third-order valence-corrected chi connectivity index (χ3v) is 6.39. The second kappa shape index (κ2) is 8.27. The molecule has 0 fully saturated rings. The third kappa shape index (κ3) is 3.76. The van der Waals surface area contributed by atoms with Crippen molar-refractivity contribution in [2.75, 3.05) is 6.54 Å². The number of aromatic amines is 1. The molecule has 0 saturated heterocycles.